The Balaban J connectivity index is 0.000000186. The maximum Gasteiger partial charge on any atom is 0.347 e. The average molecular weight is 465 g/mol. The molecule has 2 atom stereocenters. The van der Waals surface area contributed by atoms with Crippen molar-refractivity contribution in [3.63, 3.8) is 0 Å². The number of benzene rings is 2. The summed E-state index contributed by atoms with van der Waals surface area (Å²) >= 11 is 0. The molecule has 1 aromatic heterocycles. The number of hydrogen-bond donors (Lipinski definition) is 3. The summed E-state index contributed by atoms with van der Waals surface area (Å²) in [5, 5.41) is 18.1. The fourth-order valence-electron chi connectivity index (χ4n) is 4.45. The van der Waals surface area contributed by atoms with Crippen molar-refractivity contribution < 1.29 is 38.4 Å². The van der Waals surface area contributed by atoms with Crippen LogP contribution in [-0.4, -0.2) is 35.4 Å². The third kappa shape index (κ3) is 3.22. The summed E-state index contributed by atoms with van der Waals surface area (Å²) in [7, 11) is 1.54. The minimum atomic E-state index is -1.16. The van der Waals surface area contributed by atoms with Gasteiger partial charge in [0, 0.05) is 24.2 Å². The number of carbonyl (C=O) groups excluding carboxylic acids is 1. The Morgan fingerprint density at radius 3 is 2.71 bits per heavy atom. The number of hydrogen-bond acceptors (Lipinski definition) is 9. The fraction of sp³-hybridized carbons (Fsp3) is 0.208. The number of carboxylic acids is 1. The Hall–Kier alpha value is -4.47. The van der Waals surface area contributed by atoms with Crippen LogP contribution in [0.3, 0.4) is 0 Å². The van der Waals surface area contributed by atoms with Crippen molar-refractivity contribution in [3.8, 4) is 17.2 Å². The van der Waals surface area contributed by atoms with Gasteiger partial charge in [0.15, 0.2) is 5.78 Å². The first-order valence-electron chi connectivity index (χ1n) is 10.3. The highest BCUT2D eigenvalue weighted by Gasteiger charge is 2.41. The molecular weight excluding hydrogens is 446 g/mol. The molecule has 0 radical (unpaired) electrons. The van der Waals surface area contributed by atoms with Crippen LogP contribution < -0.4 is 20.8 Å². The number of nitrogens with two attached hydrogens (primary N) is 1. The van der Waals surface area contributed by atoms with Crippen LogP contribution in [0.15, 0.2) is 45.8 Å². The lowest BCUT2D eigenvalue weighted by molar-refractivity contribution is -0.00485. The maximum absolute atomic E-state index is 12.3. The van der Waals surface area contributed by atoms with Gasteiger partial charge in [0.05, 0.1) is 30.2 Å². The van der Waals surface area contributed by atoms with Crippen molar-refractivity contribution in [2.75, 3.05) is 12.8 Å². The van der Waals surface area contributed by atoms with Crippen molar-refractivity contribution in [1.29, 1.82) is 0 Å². The third-order valence-corrected chi connectivity index (χ3v) is 5.97. The summed E-state index contributed by atoms with van der Waals surface area (Å²) in [5.74, 6) is -0.647. The van der Waals surface area contributed by atoms with Gasteiger partial charge in [0.25, 0.3) is 6.29 Å². The van der Waals surface area contributed by atoms with Gasteiger partial charge in [-0.25, -0.2) is 9.59 Å². The smallest absolute Gasteiger partial charge is 0.347 e. The Morgan fingerprint density at radius 2 is 2.00 bits per heavy atom. The molecular formula is C24H19NO9. The van der Waals surface area contributed by atoms with Gasteiger partial charge in [-0.2, -0.15) is 0 Å². The predicted molar refractivity (Wildman–Crippen MR) is 119 cm³/mol. The second-order valence-electron chi connectivity index (χ2n) is 7.92. The lowest BCUT2D eigenvalue weighted by Gasteiger charge is -2.12. The van der Waals surface area contributed by atoms with Gasteiger partial charge in [0.1, 0.15) is 34.0 Å². The molecule has 0 amide bonds. The molecule has 3 heterocycles. The van der Waals surface area contributed by atoms with Crippen molar-refractivity contribution in [1.82, 2.24) is 0 Å². The van der Waals surface area contributed by atoms with Crippen LogP contribution in [0.2, 0.25) is 0 Å². The molecule has 4 N–H and O–H groups in total. The number of Topliss-reactive ketones (excluding diaryl/α,β-unsaturated/α-hetero) is 1. The number of ether oxygens (including phenoxy) is 3. The summed E-state index contributed by atoms with van der Waals surface area (Å²) in [6.45, 7) is 0. The lowest BCUT2D eigenvalue weighted by atomic mass is 9.95. The van der Waals surface area contributed by atoms with Crippen molar-refractivity contribution >= 4 is 28.4 Å². The molecule has 6 rings (SSSR count). The number of carbonyl (C=O) groups is 2. The van der Waals surface area contributed by atoms with E-state index < -0.39 is 17.9 Å². The molecule has 2 aliphatic heterocycles. The van der Waals surface area contributed by atoms with Gasteiger partial charge >= 0.3 is 11.6 Å². The molecule has 10 heteroatoms. The number of methoxy groups -OCH3 is 1. The van der Waals surface area contributed by atoms with Crippen molar-refractivity contribution in [2.24, 2.45) is 0 Å². The number of rotatable bonds is 2. The number of ketones is 1. The van der Waals surface area contributed by atoms with Gasteiger partial charge in [-0.3, -0.25) is 4.79 Å². The number of aryl methyl sites for hydroxylation is 1. The van der Waals surface area contributed by atoms with E-state index in [9.17, 15) is 14.4 Å². The number of aromatic hydroxyl groups is 1. The highest BCUT2D eigenvalue weighted by atomic mass is 16.7. The van der Waals surface area contributed by atoms with Crippen LogP contribution in [0, 0.1) is 0 Å². The van der Waals surface area contributed by atoms with E-state index in [1.54, 1.807) is 19.4 Å². The summed E-state index contributed by atoms with van der Waals surface area (Å²) < 4.78 is 22.2. The van der Waals surface area contributed by atoms with Crippen molar-refractivity contribution in [2.45, 2.75) is 25.0 Å². The summed E-state index contributed by atoms with van der Waals surface area (Å²) in [6.07, 6.45) is 3.86. The quantitative estimate of drug-likeness (QED) is 0.379. The molecule has 174 valence electrons. The molecule has 0 saturated carbocycles. The summed E-state index contributed by atoms with van der Waals surface area (Å²) in [5.41, 5.74) is 6.97. The third-order valence-electron chi connectivity index (χ3n) is 5.97. The number of aromatic carboxylic acids is 1. The number of carboxylic acid groups (broad SMARTS) is 1. The molecule has 1 aliphatic carbocycles. The topological polar surface area (TPSA) is 159 Å². The molecule has 0 spiro atoms. The predicted octanol–water partition coefficient (Wildman–Crippen LogP) is 2.95. The van der Waals surface area contributed by atoms with E-state index in [-0.39, 0.29) is 28.6 Å². The zero-order valence-corrected chi connectivity index (χ0v) is 17.9. The molecule has 2 aromatic carbocycles. The Labute approximate surface area is 191 Å². The number of nitrogen functional groups attached to an aromatic ring is 1. The van der Waals surface area contributed by atoms with E-state index in [1.165, 1.54) is 18.2 Å². The normalized spacial score (nSPS) is 18.9. The first-order chi connectivity index (χ1) is 16.3. The van der Waals surface area contributed by atoms with E-state index in [0.717, 1.165) is 5.56 Å². The number of fused-ring (bicyclic) bond motifs is 7. The van der Waals surface area contributed by atoms with Crippen LogP contribution in [0.25, 0.3) is 11.0 Å². The van der Waals surface area contributed by atoms with E-state index in [4.69, 9.17) is 34.6 Å². The summed E-state index contributed by atoms with van der Waals surface area (Å²) in [6, 6.07) is 5.65. The second kappa shape index (κ2) is 7.84. The van der Waals surface area contributed by atoms with E-state index in [1.807, 2.05) is 6.08 Å². The molecule has 3 aliphatic rings. The zero-order chi connectivity index (χ0) is 24.1. The van der Waals surface area contributed by atoms with Crippen LogP contribution in [0.1, 0.15) is 44.2 Å². The van der Waals surface area contributed by atoms with Gasteiger partial charge in [-0.15, -0.1) is 0 Å². The number of phenols is 1. The zero-order valence-electron chi connectivity index (χ0n) is 17.9. The van der Waals surface area contributed by atoms with Crippen LogP contribution in [0.5, 0.6) is 17.2 Å². The number of anilines is 1. The van der Waals surface area contributed by atoms with E-state index in [0.29, 0.717) is 46.6 Å². The minimum Gasteiger partial charge on any atom is -0.507 e. The second-order valence-corrected chi connectivity index (χ2v) is 7.92. The standard InChI is InChI=1S/C17H12O6.C7H7NO3/c1-20-10-6-11-14(8-4-5-21-17(8)22-11)15-13(10)7-2-3-9(18)12(7)16(19)23-15;8-4-1-2-5(7(10)11)6(9)3-4/h4-6,8,17H,2-3H2,1H3;1-3,9H,8H2,(H,10,11)/t8-,17+;/m0./s1. The monoisotopic (exact) mass is 465 g/mol. The van der Waals surface area contributed by atoms with E-state index >= 15 is 0 Å². The minimum absolute atomic E-state index is 0.128. The first-order valence-corrected chi connectivity index (χ1v) is 10.3. The molecule has 0 bridgehead atoms. The van der Waals surface area contributed by atoms with Crippen LogP contribution >= 0.6 is 0 Å². The molecule has 34 heavy (non-hydrogen) atoms. The Morgan fingerprint density at radius 1 is 1.21 bits per heavy atom. The SMILES string of the molecule is COc1cc2c(c3oc(=O)c4c(c13)CCC4=O)[C@@H]1C=CO[C@@H]1O2.Nc1ccc(C(=O)O)c(O)c1. The van der Waals surface area contributed by atoms with Gasteiger partial charge in [-0.05, 0) is 30.2 Å². The fourth-order valence-corrected chi connectivity index (χ4v) is 4.45. The highest BCUT2D eigenvalue weighted by Crippen LogP contribution is 2.50. The van der Waals surface area contributed by atoms with E-state index in [2.05, 4.69) is 0 Å². The molecule has 10 nitrogen and oxygen atoms in total. The molecule has 0 unspecified atom stereocenters. The Bertz CT molecular complexity index is 1450. The molecule has 3 aromatic rings. The van der Waals surface area contributed by atoms with Gasteiger partial charge in [0.2, 0.25) is 0 Å². The maximum atomic E-state index is 12.3. The summed E-state index contributed by atoms with van der Waals surface area (Å²) in [4.78, 5) is 34.6. The largest absolute Gasteiger partial charge is 0.507 e. The highest BCUT2D eigenvalue weighted by molar-refractivity contribution is 6.06. The van der Waals surface area contributed by atoms with Crippen LogP contribution in [-0.2, 0) is 11.2 Å². The van der Waals surface area contributed by atoms with Gasteiger partial charge in [-0.1, -0.05) is 0 Å². The molecule has 0 saturated heterocycles. The average Bonchev–Trinajstić information content (AvgIpc) is 3.48. The molecule has 0 fully saturated rings. The first kappa shape index (κ1) is 21.4. The van der Waals surface area contributed by atoms with Gasteiger partial charge < -0.3 is 34.6 Å². The van der Waals surface area contributed by atoms with Crippen molar-refractivity contribution in [3.05, 3.63) is 69.3 Å². The lowest BCUT2D eigenvalue weighted by Crippen LogP contribution is -2.14. The Kier molecular flexibility index (Phi) is 4.93. The van der Waals surface area contributed by atoms with Crippen LogP contribution in [0.4, 0.5) is 5.69 Å².